The van der Waals surface area contributed by atoms with Crippen LogP contribution in [0.15, 0.2) is 36.5 Å². The Morgan fingerprint density at radius 3 is 2.69 bits per heavy atom. The molecule has 1 aromatic heterocycles. The van der Waals surface area contributed by atoms with Crippen LogP contribution < -0.4 is 10.6 Å². The zero-order valence-electron chi connectivity index (χ0n) is 14.0. The molecule has 0 aliphatic carbocycles. The number of anilines is 1. The Kier molecular flexibility index (Phi) is 5.16. The highest BCUT2D eigenvalue weighted by atomic mass is 16.4. The third-order valence-electron chi connectivity index (χ3n) is 4.02. The molecule has 3 rings (SSSR count). The molecule has 9 heteroatoms. The number of aliphatic carboxylic acids is 1. The van der Waals surface area contributed by atoms with Gasteiger partial charge in [0, 0.05) is 25.4 Å². The predicted molar refractivity (Wildman–Crippen MR) is 92.4 cm³/mol. The van der Waals surface area contributed by atoms with E-state index in [-0.39, 0.29) is 24.9 Å². The van der Waals surface area contributed by atoms with E-state index in [1.54, 1.807) is 4.90 Å². The first-order valence-corrected chi connectivity index (χ1v) is 8.16. The summed E-state index contributed by atoms with van der Waals surface area (Å²) in [5.74, 6) is -1.23. The smallest absolute Gasteiger partial charge is 0.325 e. The van der Waals surface area contributed by atoms with Crippen molar-refractivity contribution in [3.05, 3.63) is 47.7 Å². The monoisotopic (exact) mass is 357 g/mol. The molecule has 3 N–H and O–H groups in total. The third kappa shape index (κ3) is 4.38. The highest BCUT2D eigenvalue weighted by Gasteiger charge is 2.20. The number of fused-ring (bicyclic) bond motifs is 1. The zero-order chi connectivity index (χ0) is 18.5. The van der Waals surface area contributed by atoms with Gasteiger partial charge in [0.1, 0.15) is 6.54 Å². The van der Waals surface area contributed by atoms with Gasteiger partial charge in [0.05, 0.1) is 6.54 Å². The number of carboxylic acid groups (broad SMARTS) is 1. The van der Waals surface area contributed by atoms with Crippen LogP contribution in [0.5, 0.6) is 0 Å². The van der Waals surface area contributed by atoms with E-state index in [4.69, 9.17) is 5.11 Å². The first-order chi connectivity index (χ1) is 12.5. The van der Waals surface area contributed by atoms with Gasteiger partial charge in [-0.1, -0.05) is 24.3 Å². The van der Waals surface area contributed by atoms with Crippen LogP contribution in [0.3, 0.4) is 0 Å². The van der Waals surface area contributed by atoms with Gasteiger partial charge in [0.15, 0.2) is 5.82 Å². The number of aromatic nitrogens is 2. The molecular weight excluding hydrogens is 338 g/mol. The molecule has 0 radical (unpaired) electrons. The Bertz CT molecular complexity index is 832. The maximum atomic E-state index is 12.2. The van der Waals surface area contributed by atoms with Crippen LogP contribution in [0.25, 0.3) is 0 Å². The van der Waals surface area contributed by atoms with Crippen LogP contribution in [0.2, 0.25) is 0 Å². The van der Waals surface area contributed by atoms with Crippen LogP contribution >= 0.6 is 0 Å². The van der Waals surface area contributed by atoms with Crippen LogP contribution in [-0.4, -0.2) is 50.8 Å². The number of carboxylic acids is 1. The van der Waals surface area contributed by atoms with Gasteiger partial charge in [-0.3, -0.25) is 14.3 Å². The molecule has 0 saturated carbocycles. The summed E-state index contributed by atoms with van der Waals surface area (Å²) in [5, 5.41) is 17.7. The molecule has 2 aromatic rings. The molecule has 0 saturated heterocycles. The Morgan fingerprint density at radius 1 is 1.15 bits per heavy atom. The SMILES string of the molecule is O=C(O)Cn1ccc(NC(=O)CNC(=O)N2CCc3ccccc3C2)n1. The molecule has 2 heterocycles. The van der Waals surface area contributed by atoms with Crippen LogP contribution in [-0.2, 0) is 29.1 Å². The zero-order valence-corrected chi connectivity index (χ0v) is 14.0. The van der Waals surface area contributed by atoms with Gasteiger partial charge in [0.2, 0.25) is 5.91 Å². The maximum Gasteiger partial charge on any atom is 0.325 e. The maximum absolute atomic E-state index is 12.2. The topological polar surface area (TPSA) is 117 Å². The first-order valence-electron chi connectivity index (χ1n) is 8.16. The standard InChI is InChI=1S/C17H19N5O4/c23-15(19-14-6-8-22(20-14)11-16(24)25)9-18-17(26)21-7-5-12-3-1-2-4-13(12)10-21/h1-4,6,8H,5,7,9-11H2,(H,18,26)(H,24,25)(H,19,20,23). The van der Waals surface area contributed by atoms with Gasteiger partial charge in [-0.2, -0.15) is 5.10 Å². The molecule has 0 unspecified atom stereocenters. The van der Waals surface area contributed by atoms with Crippen LogP contribution in [0, 0.1) is 0 Å². The summed E-state index contributed by atoms with van der Waals surface area (Å²) in [6, 6.07) is 9.17. The Hall–Kier alpha value is -3.36. The van der Waals surface area contributed by atoms with Crippen LogP contribution in [0.4, 0.5) is 10.6 Å². The third-order valence-corrected chi connectivity index (χ3v) is 4.02. The van der Waals surface area contributed by atoms with Gasteiger partial charge in [-0.05, 0) is 17.5 Å². The highest BCUT2D eigenvalue weighted by Crippen LogP contribution is 2.18. The van der Waals surface area contributed by atoms with Crippen molar-refractivity contribution >= 4 is 23.7 Å². The summed E-state index contributed by atoms with van der Waals surface area (Å²) < 4.78 is 1.20. The van der Waals surface area contributed by atoms with E-state index in [0.29, 0.717) is 13.1 Å². The van der Waals surface area contributed by atoms with Gasteiger partial charge >= 0.3 is 12.0 Å². The van der Waals surface area contributed by atoms with E-state index >= 15 is 0 Å². The summed E-state index contributed by atoms with van der Waals surface area (Å²) in [4.78, 5) is 36.4. The minimum atomic E-state index is -1.03. The average molecular weight is 357 g/mol. The minimum Gasteiger partial charge on any atom is -0.480 e. The summed E-state index contributed by atoms with van der Waals surface area (Å²) in [6.07, 6.45) is 2.24. The lowest BCUT2D eigenvalue weighted by atomic mass is 10.0. The van der Waals surface area contributed by atoms with E-state index in [1.165, 1.54) is 22.5 Å². The molecule has 1 aromatic carbocycles. The quantitative estimate of drug-likeness (QED) is 0.727. The number of urea groups is 1. The second-order valence-corrected chi connectivity index (χ2v) is 5.94. The van der Waals surface area contributed by atoms with E-state index in [2.05, 4.69) is 21.8 Å². The van der Waals surface area contributed by atoms with Crippen molar-refractivity contribution in [1.29, 1.82) is 0 Å². The molecule has 3 amide bonds. The number of benzene rings is 1. The Morgan fingerprint density at radius 2 is 1.92 bits per heavy atom. The van der Waals surface area contributed by atoms with Crippen molar-refractivity contribution in [2.24, 2.45) is 0 Å². The van der Waals surface area contributed by atoms with Crippen molar-refractivity contribution in [3.63, 3.8) is 0 Å². The van der Waals surface area contributed by atoms with E-state index < -0.39 is 11.9 Å². The number of amides is 3. The number of rotatable bonds is 5. The van der Waals surface area contributed by atoms with Crippen molar-refractivity contribution in [1.82, 2.24) is 20.0 Å². The fourth-order valence-corrected chi connectivity index (χ4v) is 2.78. The first kappa shape index (κ1) is 17.5. The molecule has 136 valence electrons. The summed E-state index contributed by atoms with van der Waals surface area (Å²) in [7, 11) is 0. The molecule has 0 spiro atoms. The minimum absolute atomic E-state index is 0.192. The molecule has 0 atom stereocenters. The number of nitrogens with zero attached hydrogens (tertiary/aromatic N) is 3. The number of hydrogen-bond donors (Lipinski definition) is 3. The van der Waals surface area contributed by atoms with Gasteiger partial charge in [-0.15, -0.1) is 0 Å². The van der Waals surface area contributed by atoms with Crippen molar-refractivity contribution in [3.8, 4) is 0 Å². The Balaban J connectivity index is 1.46. The lowest BCUT2D eigenvalue weighted by Gasteiger charge is -2.28. The normalized spacial score (nSPS) is 13.0. The summed E-state index contributed by atoms with van der Waals surface area (Å²) in [5.41, 5.74) is 2.36. The van der Waals surface area contributed by atoms with E-state index in [0.717, 1.165) is 12.0 Å². The largest absolute Gasteiger partial charge is 0.480 e. The highest BCUT2D eigenvalue weighted by molar-refractivity contribution is 5.93. The number of carbonyl (C=O) groups is 3. The molecular formula is C17H19N5O4. The van der Waals surface area contributed by atoms with Gasteiger partial charge < -0.3 is 20.6 Å². The average Bonchev–Trinajstić information content (AvgIpc) is 3.05. The molecule has 0 fully saturated rings. The summed E-state index contributed by atoms with van der Waals surface area (Å²) in [6.45, 7) is 0.638. The molecule has 0 bridgehead atoms. The second-order valence-electron chi connectivity index (χ2n) is 5.94. The van der Waals surface area contributed by atoms with E-state index in [1.807, 2.05) is 18.2 Å². The molecule has 1 aliphatic rings. The fourth-order valence-electron chi connectivity index (χ4n) is 2.78. The predicted octanol–water partition coefficient (Wildman–Crippen LogP) is 0.674. The molecule has 9 nitrogen and oxygen atoms in total. The van der Waals surface area contributed by atoms with Crippen molar-refractivity contribution in [2.45, 2.75) is 19.5 Å². The van der Waals surface area contributed by atoms with Gasteiger partial charge in [-0.25, -0.2) is 4.79 Å². The fraction of sp³-hybridized carbons (Fsp3) is 0.294. The Labute approximate surface area is 149 Å². The second kappa shape index (κ2) is 7.68. The number of nitrogens with one attached hydrogen (secondary N) is 2. The van der Waals surface area contributed by atoms with Crippen LogP contribution in [0.1, 0.15) is 11.1 Å². The lowest BCUT2D eigenvalue weighted by molar-refractivity contribution is -0.137. The lowest BCUT2D eigenvalue weighted by Crippen LogP contribution is -2.45. The van der Waals surface area contributed by atoms with Crippen molar-refractivity contribution < 1.29 is 19.5 Å². The van der Waals surface area contributed by atoms with Crippen molar-refractivity contribution in [2.75, 3.05) is 18.4 Å². The summed E-state index contributed by atoms with van der Waals surface area (Å²) >= 11 is 0. The molecule has 1 aliphatic heterocycles. The number of hydrogen-bond acceptors (Lipinski definition) is 4. The van der Waals surface area contributed by atoms with Gasteiger partial charge in [0.25, 0.3) is 0 Å². The number of carbonyl (C=O) groups excluding carboxylic acids is 2. The molecule has 26 heavy (non-hydrogen) atoms. The van der Waals surface area contributed by atoms with E-state index in [9.17, 15) is 14.4 Å².